The standard InChI is InChI=1S/C12H14BrFO3S/c1-8(12(15)17-2)6-18(16)7-9-3-10(13)5-11(14)4-9/h3-5,8H,6-7H2,1-2H3. The van der Waals surface area contributed by atoms with Crippen LogP contribution in [0.1, 0.15) is 12.5 Å². The molecular formula is C12H14BrFO3S. The minimum Gasteiger partial charge on any atom is -0.469 e. The second-order valence-corrected chi connectivity index (χ2v) is 6.37. The third kappa shape index (κ3) is 4.86. The predicted molar refractivity (Wildman–Crippen MR) is 72.0 cm³/mol. The van der Waals surface area contributed by atoms with E-state index in [1.165, 1.54) is 19.2 Å². The lowest BCUT2D eigenvalue weighted by atomic mass is 10.2. The van der Waals surface area contributed by atoms with E-state index >= 15 is 0 Å². The van der Waals surface area contributed by atoms with Gasteiger partial charge in [0.2, 0.25) is 0 Å². The Labute approximate surface area is 116 Å². The summed E-state index contributed by atoms with van der Waals surface area (Å²) in [4.78, 5) is 11.2. The number of rotatable bonds is 5. The Bertz CT molecular complexity index is 444. The van der Waals surface area contributed by atoms with Crippen molar-refractivity contribution in [2.75, 3.05) is 12.9 Å². The molecule has 2 atom stereocenters. The number of methoxy groups -OCH3 is 1. The monoisotopic (exact) mass is 336 g/mol. The number of hydrogen-bond acceptors (Lipinski definition) is 3. The fourth-order valence-electron chi connectivity index (χ4n) is 1.49. The highest BCUT2D eigenvalue weighted by atomic mass is 79.9. The van der Waals surface area contributed by atoms with E-state index in [2.05, 4.69) is 20.7 Å². The molecule has 0 aliphatic carbocycles. The molecule has 6 heteroatoms. The Morgan fingerprint density at radius 1 is 1.50 bits per heavy atom. The van der Waals surface area contributed by atoms with E-state index in [1.807, 2.05) is 0 Å². The zero-order valence-corrected chi connectivity index (χ0v) is 12.5. The molecule has 100 valence electrons. The zero-order chi connectivity index (χ0) is 13.7. The molecule has 2 unspecified atom stereocenters. The summed E-state index contributed by atoms with van der Waals surface area (Å²) in [5.74, 6) is -0.757. The second kappa shape index (κ2) is 6.99. The zero-order valence-electron chi connectivity index (χ0n) is 10.1. The number of benzene rings is 1. The number of carbonyl (C=O) groups is 1. The molecule has 0 saturated carbocycles. The molecular weight excluding hydrogens is 323 g/mol. The lowest BCUT2D eigenvalue weighted by Gasteiger charge is -2.09. The molecule has 0 amide bonds. The lowest BCUT2D eigenvalue weighted by molar-refractivity contribution is -0.144. The van der Waals surface area contributed by atoms with Crippen molar-refractivity contribution in [2.45, 2.75) is 12.7 Å². The van der Waals surface area contributed by atoms with E-state index in [9.17, 15) is 13.4 Å². The van der Waals surface area contributed by atoms with Gasteiger partial charge in [-0.1, -0.05) is 22.9 Å². The number of hydrogen-bond donors (Lipinski definition) is 0. The van der Waals surface area contributed by atoms with Crippen LogP contribution in [-0.4, -0.2) is 23.0 Å². The van der Waals surface area contributed by atoms with Crippen molar-refractivity contribution in [3.63, 3.8) is 0 Å². The summed E-state index contributed by atoms with van der Waals surface area (Å²) in [6.45, 7) is 1.66. The van der Waals surface area contributed by atoms with Crippen LogP contribution in [0.5, 0.6) is 0 Å². The van der Waals surface area contributed by atoms with Crippen molar-refractivity contribution in [1.82, 2.24) is 0 Å². The van der Waals surface area contributed by atoms with E-state index in [1.54, 1.807) is 13.0 Å². The van der Waals surface area contributed by atoms with Crippen LogP contribution in [0, 0.1) is 11.7 Å². The normalized spacial score (nSPS) is 14.0. The van der Waals surface area contributed by atoms with Crippen LogP contribution in [0.15, 0.2) is 22.7 Å². The van der Waals surface area contributed by atoms with Gasteiger partial charge in [0.05, 0.1) is 13.0 Å². The molecule has 0 fully saturated rings. The first-order valence-corrected chi connectivity index (χ1v) is 7.58. The van der Waals surface area contributed by atoms with Crippen LogP contribution in [0.2, 0.25) is 0 Å². The third-order valence-corrected chi connectivity index (χ3v) is 4.27. The molecule has 0 aromatic heterocycles. The van der Waals surface area contributed by atoms with Gasteiger partial charge in [0.25, 0.3) is 0 Å². The summed E-state index contributed by atoms with van der Waals surface area (Å²) in [7, 11) is 0.0689. The van der Waals surface area contributed by atoms with E-state index in [0.717, 1.165) is 0 Å². The first-order valence-electron chi connectivity index (χ1n) is 5.30. The Morgan fingerprint density at radius 3 is 2.72 bits per heavy atom. The van der Waals surface area contributed by atoms with Crippen LogP contribution >= 0.6 is 15.9 Å². The van der Waals surface area contributed by atoms with Gasteiger partial charge in [-0.3, -0.25) is 9.00 Å². The highest BCUT2D eigenvalue weighted by Gasteiger charge is 2.16. The van der Waals surface area contributed by atoms with Crippen LogP contribution in [-0.2, 0) is 26.1 Å². The van der Waals surface area contributed by atoms with Gasteiger partial charge < -0.3 is 4.74 Å². The van der Waals surface area contributed by atoms with Crippen LogP contribution in [0.3, 0.4) is 0 Å². The third-order valence-electron chi connectivity index (χ3n) is 2.29. The van der Waals surface area contributed by atoms with Gasteiger partial charge in [-0.15, -0.1) is 0 Å². The van der Waals surface area contributed by atoms with Crippen LogP contribution in [0.4, 0.5) is 4.39 Å². The Kier molecular flexibility index (Phi) is 5.95. The maximum atomic E-state index is 13.1. The smallest absolute Gasteiger partial charge is 0.309 e. The Morgan fingerprint density at radius 2 is 2.17 bits per heavy atom. The highest BCUT2D eigenvalue weighted by Crippen LogP contribution is 2.16. The second-order valence-electron chi connectivity index (χ2n) is 3.95. The summed E-state index contributed by atoms with van der Waals surface area (Å²) in [5.41, 5.74) is 0.636. The van der Waals surface area contributed by atoms with Crippen molar-refractivity contribution in [3.05, 3.63) is 34.1 Å². The summed E-state index contributed by atoms with van der Waals surface area (Å²) in [6.07, 6.45) is 0. The molecule has 0 spiro atoms. The summed E-state index contributed by atoms with van der Waals surface area (Å²) in [5, 5.41) is 0. The molecule has 18 heavy (non-hydrogen) atoms. The van der Waals surface area contributed by atoms with Crippen LogP contribution < -0.4 is 0 Å². The SMILES string of the molecule is COC(=O)C(C)CS(=O)Cc1cc(F)cc(Br)c1. The van der Waals surface area contributed by atoms with Crippen molar-refractivity contribution in [2.24, 2.45) is 5.92 Å². The lowest BCUT2D eigenvalue weighted by Crippen LogP contribution is -2.20. The van der Waals surface area contributed by atoms with E-state index in [4.69, 9.17) is 0 Å². The van der Waals surface area contributed by atoms with Gasteiger partial charge >= 0.3 is 5.97 Å². The van der Waals surface area contributed by atoms with Crippen molar-refractivity contribution >= 4 is 32.7 Å². The van der Waals surface area contributed by atoms with Crippen molar-refractivity contribution < 1.29 is 18.1 Å². The molecule has 0 radical (unpaired) electrons. The first kappa shape index (κ1) is 15.3. The molecule has 0 aliphatic heterocycles. The number of esters is 1. The minimum atomic E-state index is -1.23. The minimum absolute atomic E-state index is 0.209. The summed E-state index contributed by atoms with van der Waals surface area (Å²) in [6, 6.07) is 4.39. The molecule has 0 bridgehead atoms. The van der Waals surface area contributed by atoms with E-state index in [0.29, 0.717) is 10.0 Å². The fraction of sp³-hybridized carbons (Fsp3) is 0.417. The van der Waals surface area contributed by atoms with Crippen molar-refractivity contribution in [3.8, 4) is 0 Å². The summed E-state index contributed by atoms with van der Waals surface area (Å²) >= 11 is 3.18. The Hall–Kier alpha value is -0.750. The molecule has 1 aromatic rings. The van der Waals surface area contributed by atoms with Gasteiger partial charge in [-0.2, -0.15) is 0 Å². The highest BCUT2D eigenvalue weighted by molar-refractivity contribution is 9.10. The summed E-state index contributed by atoms with van der Waals surface area (Å²) < 4.78 is 30.1. The van der Waals surface area contributed by atoms with Crippen molar-refractivity contribution in [1.29, 1.82) is 0 Å². The maximum Gasteiger partial charge on any atom is 0.309 e. The van der Waals surface area contributed by atoms with Gasteiger partial charge in [-0.25, -0.2) is 4.39 Å². The number of ether oxygens (including phenoxy) is 1. The molecule has 1 rings (SSSR count). The Balaban J connectivity index is 2.62. The largest absolute Gasteiger partial charge is 0.469 e. The maximum absolute atomic E-state index is 13.1. The van der Waals surface area contributed by atoms with Gasteiger partial charge in [0.15, 0.2) is 0 Å². The van der Waals surface area contributed by atoms with E-state index < -0.39 is 16.7 Å². The topological polar surface area (TPSA) is 43.4 Å². The molecule has 0 aliphatic rings. The predicted octanol–water partition coefficient (Wildman–Crippen LogP) is 2.65. The van der Waals surface area contributed by atoms with Gasteiger partial charge in [-0.05, 0) is 23.8 Å². The van der Waals surface area contributed by atoms with Gasteiger partial charge in [0.1, 0.15) is 5.82 Å². The molecule has 1 aromatic carbocycles. The average molecular weight is 337 g/mol. The molecule has 0 saturated heterocycles. The van der Waals surface area contributed by atoms with Crippen LogP contribution in [0.25, 0.3) is 0 Å². The average Bonchev–Trinajstić information content (AvgIpc) is 2.25. The molecule has 3 nitrogen and oxygen atoms in total. The van der Waals surface area contributed by atoms with E-state index in [-0.39, 0.29) is 23.3 Å². The van der Waals surface area contributed by atoms with Gasteiger partial charge in [0, 0.05) is 26.8 Å². The number of halogens is 2. The number of carbonyl (C=O) groups excluding carboxylic acids is 1. The molecule has 0 heterocycles. The fourth-order valence-corrected chi connectivity index (χ4v) is 3.35. The first-order chi connectivity index (χ1) is 8.42. The quantitative estimate of drug-likeness (QED) is 0.776. The molecule has 0 N–H and O–H groups in total.